The molecule has 0 aliphatic rings. The van der Waals surface area contributed by atoms with Crippen molar-refractivity contribution >= 4 is 11.4 Å². The zero-order valence-electron chi connectivity index (χ0n) is 11.3. The molecule has 1 aromatic rings. The van der Waals surface area contributed by atoms with Crippen LogP contribution in [-0.2, 0) is 0 Å². The second-order valence-corrected chi connectivity index (χ2v) is 4.31. The van der Waals surface area contributed by atoms with Crippen molar-refractivity contribution in [3.05, 3.63) is 28.3 Å². The number of nitro benzene ring substituents is 1. The van der Waals surface area contributed by atoms with Crippen LogP contribution in [0.2, 0.25) is 0 Å². The molecule has 0 amide bonds. The Hall–Kier alpha value is -2.29. The number of nitriles is 1. The van der Waals surface area contributed by atoms with Crippen molar-refractivity contribution < 1.29 is 9.66 Å². The summed E-state index contributed by atoms with van der Waals surface area (Å²) in [5.41, 5.74) is 0.753. The summed E-state index contributed by atoms with van der Waals surface area (Å²) in [5, 5.41) is 19.5. The van der Waals surface area contributed by atoms with Crippen LogP contribution >= 0.6 is 0 Å². The third-order valence-electron chi connectivity index (χ3n) is 2.78. The van der Waals surface area contributed by atoms with E-state index in [0.717, 1.165) is 5.69 Å². The van der Waals surface area contributed by atoms with E-state index < -0.39 is 4.92 Å². The van der Waals surface area contributed by atoms with Gasteiger partial charge >= 0.3 is 5.69 Å². The number of nitrogens with zero attached hydrogens (tertiary/aromatic N) is 3. The number of methoxy groups -OCH3 is 1. The minimum Gasteiger partial charge on any atom is -0.490 e. The lowest BCUT2D eigenvalue weighted by Crippen LogP contribution is -2.31. The molecule has 0 aliphatic carbocycles. The Kier molecular flexibility index (Phi) is 5.12. The molecule has 6 nitrogen and oxygen atoms in total. The van der Waals surface area contributed by atoms with Crippen LogP contribution in [0, 0.1) is 21.4 Å². The van der Waals surface area contributed by atoms with Gasteiger partial charge in [-0.25, -0.2) is 0 Å². The van der Waals surface area contributed by atoms with Gasteiger partial charge in [-0.3, -0.25) is 10.1 Å². The number of rotatable bonds is 6. The fraction of sp³-hybridized carbons (Fsp3) is 0.462. The van der Waals surface area contributed by atoms with E-state index >= 15 is 0 Å². The molecular weight excluding hydrogens is 246 g/mol. The van der Waals surface area contributed by atoms with Crippen molar-refractivity contribution in [1.29, 1.82) is 5.26 Å². The van der Waals surface area contributed by atoms with Crippen LogP contribution in [0.5, 0.6) is 5.75 Å². The molecule has 0 aromatic heterocycles. The van der Waals surface area contributed by atoms with E-state index in [0.29, 0.717) is 13.0 Å². The Labute approximate surface area is 112 Å². The lowest BCUT2D eigenvalue weighted by atomic mass is 10.2. The highest BCUT2D eigenvalue weighted by Crippen LogP contribution is 2.32. The molecule has 1 rings (SSSR count). The molecule has 0 fully saturated rings. The summed E-state index contributed by atoms with van der Waals surface area (Å²) in [6, 6.07) is 7.03. The molecular formula is C13H17N3O3. The third-order valence-corrected chi connectivity index (χ3v) is 2.78. The van der Waals surface area contributed by atoms with Crippen LogP contribution in [0.15, 0.2) is 18.2 Å². The van der Waals surface area contributed by atoms with Crippen LogP contribution in [0.1, 0.15) is 20.3 Å². The van der Waals surface area contributed by atoms with Crippen LogP contribution in [0.3, 0.4) is 0 Å². The average molecular weight is 263 g/mol. The van der Waals surface area contributed by atoms with Crippen LogP contribution in [0.25, 0.3) is 0 Å². The van der Waals surface area contributed by atoms with Gasteiger partial charge in [-0.1, -0.05) is 0 Å². The van der Waals surface area contributed by atoms with Gasteiger partial charge < -0.3 is 9.64 Å². The summed E-state index contributed by atoms with van der Waals surface area (Å²) in [5.74, 6) is 0.227. The predicted octanol–water partition coefficient (Wildman–Crippen LogP) is 2.73. The number of benzene rings is 1. The molecule has 0 aliphatic heterocycles. The lowest BCUT2D eigenvalue weighted by Gasteiger charge is -2.28. The molecule has 1 aromatic carbocycles. The van der Waals surface area contributed by atoms with Gasteiger partial charge in [0.1, 0.15) is 0 Å². The number of anilines is 1. The SMILES string of the molecule is COc1cc(N(CCC#N)C(C)C)ccc1[N+](=O)[O-]. The first-order chi connectivity index (χ1) is 9.01. The van der Waals surface area contributed by atoms with Gasteiger partial charge in [0.25, 0.3) is 0 Å². The van der Waals surface area contributed by atoms with Gasteiger partial charge in [0.2, 0.25) is 0 Å². The number of hydrogen-bond donors (Lipinski definition) is 0. The van der Waals surface area contributed by atoms with Crippen LogP contribution < -0.4 is 9.64 Å². The molecule has 0 unspecified atom stereocenters. The van der Waals surface area contributed by atoms with Gasteiger partial charge in [0.05, 0.1) is 24.5 Å². The predicted molar refractivity (Wildman–Crippen MR) is 72.4 cm³/mol. The molecule has 0 bridgehead atoms. The molecule has 102 valence electrons. The highest BCUT2D eigenvalue weighted by Gasteiger charge is 2.18. The summed E-state index contributed by atoms with van der Waals surface area (Å²) < 4.78 is 5.05. The van der Waals surface area contributed by atoms with Crippen molar-refractivity contribution in [2.24, 2.45) is 0 Å². The maximum Gasteiger partial charge on any atom is 0.311 e. The normalized spacial score (nSPS) is 10.1. The Balaban J connectivity index is 3.11. The molecule has 0 radical (unpaired) electrons. The zero-order chi connectivity index (χ0) is 14.4. The minimum atomic E-state index is -0.475. The highest BCUT2D eigenvalue weighted by atomic mass is 16.6. The largest absolute Gasteiger partial charge is 0.490 e. The first-order valence-electron chi connectivity index (χ1n) is 5.97. The number of ether oxygens (including phenoxy) is 1. The van der Waals surface area contributed by atoms with Gasteiger partial charge in [-0.05, 0) is 19.9 Å². The molecule has 0 heterocycles. The topological polar surface area (TPSA) is 79.4 Å². The maximum atomic E-state index is 10.8. The lowest BCUT2D eigenvalue weighted by molar-refractivity contribution is -0.385. The summed E-state index contributed by atoms with van der Waals surface area (Å²) in [6.07, 6.45) is 0.400. The van der Waals surface area contributed by atoms with Crippen LogP contribution in [-0.4, -0.2) is 24.6 Å². The van der Waals surface area contributed by atoms with E-state index in [1.807, 2.05) is 18.7 Å². The van der Waals surface area contributed by atoms with Crippen molar-refractivity contribution in [1.82, 2.24) is 0 Å². The summed E-state index contributed by atoms with van der Waals surface area (Å²) in [6.45, 7) is 4.59. The van der Waals surface area contributed by atoms with Gasteiger partial charge in [-0.2, -0.15) is 5.26 Å². The first kappa shape index (κ1) is 14.8. The third kappa shape index (κ3) is 3.58. The molecule has 0 saturated heterocycles. The number of nitro groups is 1. The fourth-order valence-corrected chi connectivity index (χ4v) is 1.85. The van der Waals surface area contributed by atoms with Crippen molar-refractivity contribution in [2.45, 2.75) is 26.3 Å². The second-order valence-electron chi connectivity index (χ2n) is 4.31. The zero-order valence-corrected chi connectivity index (χ0v) is 11.3. The monoisotopic (exact) mass is 263 g/mol. The van der Waals surface area contributed by atoms with Crippen molar-refractivity contribution in [2.75, 3.05) is 18.6 Å². The molecule has 6 heteroatoms. The Bertz CT molecular complexity index is 494. The first-order valence-corrected chi connectivity index (χ1v) is 5.97. The minimum absolute atomic E-state index is 0.0600. The standard InChI is InChI=1S/C13H17N3O3/c1-10(2)15(8-4-7-14)11-5-6-12(16(17)18)13(9-11)19-3/h5-6,9-10H,4,8H2,1-3H3. The summed E-state index contributed by atoms with van der Waals surface area (Å²) >= 11 is 0. The van der Waals surface area contributed by atoms with Gasteiger partial charge in [-0.15, -0.1) is 0 Å². The number of hydrogen-bond acceptors (Lipinski definition) is 5. The fourth-order valence-electron chi connectivity index (χ4n) is 1.85. The smallest absolute Gasteiger partial charge is 0.311 e. The van der Waals surface area contributed by atoms with E-state index in [-0.39, 0.29) is 17.5 Å². The molecule has 0 N–H and O–H groups in total. The Morgan fingerprint density at radius 3 is 2.68 bits per heavy atom. The Morgan fingerprint density at radius 2 is 2.21 bits per heavy atom. The van der Waals surface area contributed by atoms with Gasteiger partial charge in [0, 0.05) is 30.4 Å². The van der Waals surface area contributed by atoms with E-state index in [4.69, 9.17) is 10.00 Å². The average Bonchev–Trinajstić information content (AvgIpc) is 2.38. The van der Waals surface area contributed by atoms with Crippen LogP contribution in [0.4, 0.5) is 11.4 Å². The van der Waals surface area contributed by atoms with Crippen molar-refractivity contribution in [3.8, 4) is 11.8 Å². The molecule has 19 heavy (non-hydrogen) atoms. The highest BCUT2D eigenvalue weighted by molar-refractivity contribution is 5.59. The second kappa shape index (κ2) is 6.59. The molecule has 0 spiro atoms. The summed E-state index contributed by atoms with van der Waals surface area (Å²) in [4.78, 5) is 12.4. The Morgan fingerprint density at radius 1 is 1.53 bits per heavy atom. The quantitative estimate of drug-likeness (QED) is 0.582. The van der Waals surface area contributed by atoms with Gasteiger partial charge in [0.15, 0.2) is 5.75 Å². The molecule has 0 saturated carbocycles. The molecule has 0 atom stereocenters. The van der Waals surface area contributed by atoms with E-state index in [1.165, 1.54) is 13.2 Å². The van der Waals surface area contributed by atoms with Crippen molar-refractivity contribution in [3.63, 3.8) is 0 Å². The maximum absolute atomic E-state index is 10.8. The van der Waals surface area contributed by atoms with E-state index in [9.17, 15) is 10.1 Å². The van der Waals surface area contributed by atoms with E-state index in [2.05, 4.69) is 6.07 Å². The van der Waals surface area contributed by atoms with E-state index in [1.54, 1.807) is 12.1 Å². The summed E-state index contributed by atoms with van der Waals surface area (Å²) in [7, 11) is 1.40.